The fourth-order valence-corrected chi connectivity index (χ4v) is 2.62. The Bertz CT molecular complexity index is 1160. The third kappa shape index (κ3) is 3.61. The number of aromatic nitrogens is 3. The fourth-order valence-electron chi connectivity index (χ4n) is 2.62. The van der Waals surface area contributed by atoms with Crippen LogP contribution in [-0.4, -0.2) is 20.9 Å². The van der Waals surface area contributed by atoms with Crippen molar-refractivity contribution in [1.29, 1.82) is 0 Å². The molecule has 0 aliphatic heterocycles. The zero-order valence-electron chi connectivity index (χ0n) is 14.4. The van der Waals surface area contributed by atoms with Crippen molar-refractivity contribution in [1.82, 2.24) is 15.0 Å². The van der Waals surface area contributed by atoms with E-state index in [9.17, 15) is 13.6 Å². The molecule has 0 aliphatic rings. The van der Waals surface area contributed by atoms with Gasteiger partial charge in [0.15, 0.2) is 11.6 Å². The van der Waals surface area contributed by atoms with Gasteiger partial charge in [0.25, 0.3) is 5.91 Å². The number of pyridine rings is 1. The fraction of sp³-hybridized carbons (Fsp3) is 0. The Hall–Kier alpha value is -3.94. The summed E-state index contributed by atoms with van der Waals surface area (Å²) in [6.45, 7) is 0. The number of hydrogen-bond acceptors (Lipinski definition) is 5. The molecular formula is C20H13F2N5O. The van der Waals surface area contributed by atoms with Gasteiger partial charge >= 0.3 is 0 Å². The average molecular weight is 377 g/mol. The van der Waals surface area contributed by atoms with Crippen LogP contribution in [0.3, 0.4) is 0 Å². The summed E-state index contributed by atoms with van der Waals surface area (Å²) in [4.78, 5) is 24.8. The monoisotopic (exact) mass is 377 g/mol. The number of para-hydroxylation sites is 1. The van der Waals surface area contributed by atoms with E-state index < -0.39 is 17.5 Å². The van der Waals surface area contributed by atoms with Gasteiger partial charge in [0.05, 0.1) is 23.6 Å². The number of hydrogen-bond donors (Lipinski definition) is 2. The number of carbonyl (C=O) groups is 1. The van der Waals surface area contributed by atoms with Crippen LogP contribution in [0, 0.1) is 11.6 Å². The molecular weight excluding hydrogens is 364 g/mol. The Labute approximate surface area is 158 Å². The standard InChI is InChI=1S/C20H13F2N5O/c21-14-7-6-13(9-15(14)22)26-20(28)17-10-25-18(11-24-17)27-16-5-1-3-12-4-2-8-23-19(12)16/h1-11H,(H,25,27)(H,26,28). The minimum Gasteiger partial charge on any atom is -0.337 e. The third-order valence-corrected chi connectivity index (χ3v) is 3.96. The van der Waals surface area contributed by atoms with Crippen LogP contribution in [-0.2, 0) is 0 Å². The van der Waals surface area contributed by atoms with Crippen LogP contribution in [0.25, 0.3) is 10.9 Å². The maximum absolute atomic E-state index is 13.2. The molecule has 0 atom stereocenters. The van der Waals surface area contributed by atoms with Crippen LogP contribution in [0.4, 0.5) is 26.0 Å². The van der Waals surface area contributed by atoms with Gasteiger partial charge < -0.3 is 10.6 Å². The molecule has 8 heteroatoms. The maximum Gasteiger partial charge on any atom is 0.275 e. The highest BCUT2D eigenvalue weighted by Crippen LogP contribution is 2.23. The highest BCUT2D eigenvalue weighted by molar-refractivity contribution is 6.02. The molecule has 4 rings (SSSR count). The molecule has 4 aromatic rings. The predicted molar refractivity (Wildman–Crippen MR) is 101 cm³/mol. The molecule has 0 saturated carbocycles. The highest BCUT2D eigenvalue weighted by Gasteiger charge is 2.11. The Morgan fingerprint density at radius 2 is 1.75 bits per heavy atom. The zero-order valence-corrected chi connectivity index (χ0v) is 14.4. The van der Waals surface area contributed by atoms with Crippen molar-refractivity contribution < 1.29 is 13.6 Å². The van der Waals surface area contributed by atoms with E-state index in [0.717, 1.165) is 28.7 Å². The van der Waals surface area contributed by atoms with Gasteiger partial charge in [-0.15, -0.1) is 0 Å². The van der Waals surface area contributed by atoms with E-state index in [1.807, 2.05) is 30.3 Å². The van der Waals surface area contributed by atoms with Crippen LogP contribution in [0.2, 0.25) is 0 Å². The summed E-state index contributed by atoms with van der Waals surface area (Å²) in [5.74, 6) is -2.19. The Kier molecular flexibility index (Phi) is 4.59. The largest absolute Gasteiger partial charge is 0.337 e. The van der Waals surface area contributed by atoms with E-state index in [0.29, 0.717) is 5.82 Å². The Morgan fingerprint density at radius 3 is 2.54 bits per heavy atom. The molecule has 0 radical (unpaired) electrons. The van der Waals surface area contributed by atoms with Gasteiger partial charge in [0.1, 0.15) is 11.5 Å². The number of amides is 1. The molecule has 2 aromatic heterocycles. The lowest BCUT2D eigenvalue weighted by atomic mass is 10.2. The molecule has 0 fully saturated rings. The smallest absolute Gasteiger partial charge is 0.275 e. The summed E-state index contributed by atoms with van der Waals surface area (Å²) in [7, 11) is 0. The number of rotatable bonds is 4. The number of halogens is 2. The van der Waals surface area contributed by atoms with Crippen molar-refractivity contribution in [2.24, 2.45) is 0 Å². The van der Waals surface area contributed by atoms with Gasteiger partial charge in [-0.05, 0) is 24.3 Å². The number of anilines is 3. The van der Waals surface area contributed by atoms with E-state index in [-0.39, 0.29) is 11.4 Å². The van der Waals surface area contributed by atoms with Gasteiger partial charge in [-0.2, -0.15) is 0 Å². The van der Waals surface area contributed by atoms with E-state index in [2.05, 4.69) is 25.6 Å². The van der Waals surface area contributed by atoms with Crippen molar-refractivity contribution in [3.05, 3.63) is 84.4 Å². The predicted octanol–water partition coefficient (Wildman–Crippen LogP) is 4.30. The zero-order chi connectivity index (χ0) is 19.5. The van der Waals surface area contributed by atoms with Crippen molar-refractivity contribution in [2.75, 3.05) is 10.6 Å². The summed E-state index contributed by atoms with van der Waals surface area (Å²) in [5, 5.41) is 6.53. The first kappa shape index (κ1) is 17.5. The lowest BCUT2D eigenvalue weighted by Crippen LogP contribution is -2.14. The van der Waals surface area contributed by atoms with Crippen LogP contribution < -0.4 is 10.6 Å². The van der Waals surface area contributed by atoms with Crippen LogP contribution in [0.5, 0.6) is 0 Å². The van der Waals surface area contributed by atoms with Gasteiger partial charge in [-0.1, -0.05) is 18.2 Å². The Balaban J connectivity index is 1.50. The minimum atomic E-state index is -1.05. The lowest BCUT2D eigenvalue weighted by Gasteiger charge is -2.09. The molecule has 0 aliphatic carbocycles. The van der Waals surface area contributed by atoms with Crippen LogP contribution >= 0.6 is 0 Å². The van der Waals surface area contributed by atoms with Crippen molar-refractivity contribution in [2.45, 2.75) is 0 Å². The summed E-state index contributed by atoms with van der Waals surface area (Å²) in [5.41, 5.74) is 1.69. The van der Waals surface area contributed by atoms with Crippen molar-refractivity contribution in [3.63, 3.8) is 0 Å². The van der Waals surface area contributed by atoms with Gasteiger partial charge in [-0.25, -0.2) is 18.7 Å². The first-order valence-corrected chi connectivity index (χ1v) is 8.29. The van der Waals surface area contributed by atoms with Gasteiger partial charge in [-0.3, -0.25) is 9.78 Å². The third-order valence-electron chi connectivity index (χ3n) is 3.96. The summed E-state index contributed by atoms with van der Waals surface area (Å²) in [6, 6.07) is 12.6. The summed E-state index contributed by atoms with van der Waals surface area (Å²) < 4.78 is 26.2. The number of fused-ring (bicyclic) bond motifs is 1. The summed E-state index contributed by atoms with van der Waals surface area (Å²) >= 11 is 0. The van der Waals surface area contributed by atoms with E-state index >= 15 is 0 Å². The molecule has 1 amide bonds. The average Bonchev–Trinajstić information content (AvgIpc) is 2.71. The second-order valence-electron chi connectivity index (χ2n) is 5.88. The second kappa shape index (κ2) is 7.36. The quantitative estimate of drug-likeness (QED) is 0.554. The normalized spacial score (nSPS) is 10.6. The topological polar surface area (TPSA) is 79.8 Å². The highest BCUT2D eigenvalue weighted by atomic mass is 19.2. The van der Waals surface area contributed by atoms with E-state index in [4.69, 9.17) is 0 Å². The Morgan fingerprint density at radius 1 is 0.893 bits per heavy atom. The lowest BCUT2D eigenvalue weighted by molar-refractivity contribution is 0.102. The first-order valence-electron chi connectivity index (χ1n) is 8.29. The molecule has 6 nitrogen and oxygen atoms in total. The van der Waals surface area contributed by atoms with Gasteiger partial charge in [0.2, 0.25) is 0 Å². The number of nitrogens with zero attached hydrogens (tertiary/aromatic N) is 3. The number of nitrogens with one attached hydrogen (secondary N) is 2. The first-order chi connectivity index (χ1) is 13.6. The van der Waals surface area contributed by atoms with E-state index in [1.54, 1.807) is 6.20 Å². The molecule has 0 unspecified atom stereocenters. The molecule has 138 valence electrons. The molecule has 0 saturated heterocycles. The maximum atomic E-state index is 13.2. The number of carbonyl (C=O) groups excluding carboxylic acids is 1. The molecule has 28 heavy (non-hydrogen) atoms. The molecule has 0 bridgehead atoms. The molecule has 2 N–H and O–H groups in total. The van der Waals surface area contributed by atoms with Gasteiger partial charge in [0, 0.05) is 23.3 Å². The molecule has 0 spiro atoms. The van der Waals surface area contributed by atoms with Crippen molar-refractivity contribution in [3.8, 4) is 0 Å². The molecule has 2 heterocycles. The number of benzene rings is 2. The summed E-state index contributed by atoms with van der Waals surface area (Å²) in [6.07, 6.45) is 4.39. The molecule has 2 aromatic carbocycles. The van der Waals surface area contributed by atoms with Crippen LogP contribution in [0.15, 0.2) is 67.1 Å². The van der Waals surface area contributed by atoms with Crippen molar-refractivity contribution >= 4 is 34.0 Å². The minimum absolute atomic E-state index is 0.0336. The van der Waals surface area contributed by atoms with Crippen LogP contribution in [0.1, 0.15) is 10.5 Å². The van der Waals surface area contributed by atoms with E-state index in [1.165, 1.54) is 18.5 Å². The second-order valence-corrected chi connectivity index (χ2v) is 5.88. The SMILES string of the molecule is O=C(Nc1ccc(F)c(F)c1)c1cnc(Nc2cccc3cccnc23)cn1.